The lowest BCUT2D eigenvalue weighted by molar-refractivity contribution is -0.123. The molecule has 1 heterocycles. The van der Waals surface area contributed by atoms with Crippen LogP contribution in [-0.2, 0) is 14.3 Å². The number of esters is 1. The van der Waals surface area contributed by atoms with E-state index >= 15 is 0 Å². The van der Waals surface area contributed by atoms with Crippen molar-refractivity contribution in [2.24, 2.45) is 29.1 Å². The summed E-state index contributed by atoms with van der Waals surface area (Å²) < 4.78 is 5.09. The number of hydrogen-bond acceptors (Lipinski definition) is 4. The summed E-state index contributed by atoms with van der Waals surface area (Å²) in [6, 6.07) is 6.72. The number of benzene rings is 1. The maximum Gasteiger partial charge on any atom is 0.340 e. The summed E-state index contributed by atoms with van der Waals surface area (Å²) in [5.41, 5.74) is 0.801. The zero-order valence-corrected chi connectivity index (χ0v) is 14.0. The Morgan fingerprint density at radius 2 is 1.72 bits per heavy atom. The van der Waals surface area contributed by atoms with Gasteiger partial charge in [0.2, 0.25) is 11.8 Å². The largest absolute Gasteiger partial charge is 0.462 e. The Hall–Kier alpha value is -2.43. The van der Waals surface area contributed by atoms with Crippen molar-refractivity contribution in [3.05, 3.63) is 42.0 Å². The number of hydrogen-bond donors (Lipinski definition) is 0. The molecule has 5 heteroatoms. The molecule has 0 aromatic heterocycles. The minimum atomic E-state index is -0.504. The Kier molecular flexibility index (Phi) is 2.86. The van der Waals surface area contributed by atoms with Crippen molar-refractivity contribution in [3.8, 4) is 0 Å². The van der Waals surface area contributed by atoms with Crippen LogP contribution in [0, 0.1) is 29.1 Å². The lowest BCUT2D eigenvalue weighted by Crippen LogP contribution is -2.35. The van der Waals surface area contributed by atoms with Crippen LogP contribution < -0.4 is 4.90 Å². The first-order valence-corrected chi connectivity index (χ1v) is 8.92. The van der Waals surface area contributed by atoms with E-state index in [1.165, 1.54) is 4.90 Å². The third kappa shape index (κ3) is 1.71. The molecule has 2 bridgehead atoms. The summed E-state index contributed by atoms with van der Waals surface area (Å²) >= 11 is 0. The monoisotopic (exact) mass is 337 g/mol. The first-order valence-electron chi connectivity index (χ1n) is 8.92. The summed E-state index contributed by atoms with van der Waals surface area (Å²) in [5, 5.41) is 0. The molecule has 1 aromatic carbocycles. The van der Waals surface area contributed by atoms with Gasteiger partial charge in [-0.2, -0.15) is 0 Å². The second-order valence-corrected chi connectivity index (χ2v) is 7.47. The molecule has 0 unspecified atom stereocenters. The minimum Gasteiger partial charge on any atom is -0.462 e. The standard InChI is InChI=1S/C20H19NO4/c1-2-25-19(24)11-5-3-4-6-14(11)21-17(22)15-12-7-8-13(16(15)18(21)23)20(12)9-10-20/h3-8,12-13,15-16H,2,9-10H2,1H3/t12-,13-,15-,16-/m1/s1. The van der Waals surface area contributed by atoms with Gasteiger partial charge < -0.3 is 4.74 Å². The molecule has 1 spiro atoms. The molecular formula is C20H19NO4. The van der Waals surface area contributed by atoms with Crippen LogP contribution in [0.1, 0.15) is 30.1 Å². The van der Waals surface area contributed by atoms with Gasteiger partial charge >= 0.3 is 5.97 Å². The molecule has 2 amide bonds. The average molecular weight is 337 g/mol. The summed E-state index contributed by atoms with van der Waals surface area (Å²) in [4.78, 5) is 39.8. The number of carbonyl (C=O) groups is 3. The fraction of sp³-hybridized carbons (Fsp3) is 0.450. The van der Waals surface area contributed by atoms with Gasteiger partial charge in [-0.25, -0.2) is 9.69 Å². The number of carbonyl (C=O) groups excluding carboxylic acids is 3. The molecule has 3 fully saturated rings. The van der Waals surface area contributed by atoms with Crippen molar-refractivity contribution in [2.45, 2.75) is 19.8 Å². The van der Waals surface area contributed by atoms with Gasteiger partial charge in [0.1, 0.15) is 0 Å². The van der Waals surface area contributed by atoms with Crippen LogP contribution in [0.2, 0.25) is 0 Å². The molecule has 5 rings (SSSR count). The summed E-state index contributed by atoms with van der Waals surface area (Å²) in [5.74, 6) is -0.988. The topological polar surface area (TPSA) is 63.7 Å². The Labute approximate surface area is 145 Å². The van der Waals surface area contributed by atoms with Crippen LogP contribution in [0.5, 0.6) is 0 Å². The van der Waals surface area contributed by atoms with Gasteiger partial charge in [0.05, 0.1) is 29.7 Å². The molecule has 2 saturated carbocycles. The third-order valence-electron chi connectivity index (χ3n) is 6.49. The van der Waals surface area contributed by atoms with Gasteiger partial charge in [-0.1, -0.05) is 24.3 Å². The first-order chi connectivity index (χ1) is 12.1. The van der Waals surface area contributed by atoms with Crippen molar-refractivity contribution < 1.29 is 19.1 Å². The van der Waals surface area contributed by atoms with E-state index in [-0.39, 0.29) is 53.1 Å². The summed E-state index contributed by atoms with van der Waals surface area (Å²) in [6.07, 6.45) is 6.51. The number of para-hydroxylation sites is 1. The zero-order valence-electron chi connectivity index (χ0n) is 14.0. The SMILES string of the molecule is CCOC(=O)c1ccccc1N1C(=O)[C@H]2[C@H](C1=O)[C@H]1C=C[C@H]2C12CC2. The highest BCUT2D eigenvalue weighted by Crippen LogP contribution is 2.73. The van der Waals surface area contributed by atoms with Gasteiger partial charge in [-0.15, -0.1) is 0 Å². The highest BCUT2D eigenvalue weighted by atomic mass is 16.5. The number of imide groups is 1. The fourth-order valence-corrected chi connectivity index (χ4v) is 5.37. The van der Waals surface area contributed by atoms with E-state index < -0.39 is 5.97 Å². The van der Waals surface area contributed by atoms with Gasteiger partial charge in [-0.3, -0.25) is 9.59 Å². The molecule has 128 valence electrons. The van der Waals surface area contributed by atoms with E-state index in [1.807, 2.05) is 0 Å². The normalized spacial score (nSPS) is 33.2. The van der Waals surface area contributed by atoms with E-state index in [2.05, 4.69) is 12.2 Å². The molecule has 4 aliphatic rings. The van der Waals surface area contributed by atoms with E-state index in [1.54, 1.807) is 31.2 Å². The predicted molar refractivity (Wildman–Crippen MR) is 89.7 cm³/mol. The Bertz CT molecular complexity index is 804. The Morgan fingerprint density at radius 1 is 1.12 bits per heavy atom. The molecular weight excluding hydrogens is 318 g/mol. The van der Waals surface area contributed by atoms with Crippen molar-refractivity contribution in [2.75, 3.05) is 11.5 Å². The number of amides is 2. The van der Waals surface area contributed by atoms with E-state index in [9.17, 15) is 14.4 Å². The maximum atomic E-state index is 13.2. The second-order valence-electron chi connectivity index (χ2n) is 7.47. The van der Waals surface area contributed by atoms with Crippen LogP contribution in [-0.4, -0.2) is 24.4 Å². The summed E-state index contributed by atoms with van der Waals surface area (Å²) in [6.45, 7) is 1.98. The number of ether oxygens (including phenoxy) is 1. The predicted octanol–water partition coefficient (Wildman–Crippen LogP) is 2.56. The maximum absolute atomic E-state index is 13.2. The fourth-order valence-electron chi connectivity index (χ4n) is 5.37. The molecule has 1 aliphatic heterocycles. The van der Waals surface area contributed by atoms with Crippen LogP contribution in [0.15, 0.2) is 36.4 Å². The Balaban J connectivity index is 1.55. The van der Waals surface area contributed by atoms with Gasteiger partial charge in [-0.05, 0) is 49.1 Å². The van der Waals surface area contributed by atoms with Gasteiger partial charge in [0.25, 0.3) is 0 Å². The lowest BCUT2D eigenvalue weighted by atomic mass is 9.85. The number of anilines is 1. The van der Waals surface area contributed by atoms with Crippen molar-refractivity contribution in [3.63, 3.8) is 0 Å². The molecule has 5 nitrogen and oxygen atoms in total. The van der Waals surface area contributed by atoms with Crippen LogP contribution in [0.4, 0.5) is 5.69 Å². The Morgan fingerprint density at radius 3 is 2.28 bits per heavy atom. The average Bonchev–Trinajstić information content (AvgIpc) is 3.20. The van der Waals surface area contributed by atoms with E-state index in [0.29, 0.717) is 5.69 Å². The van der Waals surface area contributed by atoms with Crippen LogP contribution >= 0.6 is 0 Å². The molecule has 3 aliphatic carbocycles. The van der Waals surface area contributed by atoms with Gasteiger partial charge in [0, 0.05) is 0 Å². The van der Waals surface area contributed by atoms with E-state index in [0.717, 1.165) is 12.8 Å². The molecule has 1 saturated heterocycles. The molecule has 1 aromatic rings. The van der Waals surface area contributed by atoms with Crippen LogP contribution in [0.3, 0.4) is 0 Å². The quantitative estimate of drug-likeness (QED) is 0.483. The van der Waals surface area contributed by atoms with Crippen molar-refractivity contribution >= 4 is 23.5 Å². The third-order valence-corrected chi connectivity index (χ3v) is 6.49. The smallest absolute Gasteiger partial charge is 0.340 e. The number of fused-ring (bicyclic) bond motifs is 3. The van der Waals surface area contributed by atoms with Gasteiger partial charge in [0.15, 0.2) is 0 Å². The molecule has 0 radical (unpaired) electrons. The number of rotatable bonds is 3. The molecule has 25 heavy (non-hydrogen) atoms. The highest BCUT2D eigenvalue weighted by molar-refractivity contribution is 6.24. The van der Waals surface area contributed by atoms with Crippen LogP contribution in [0.25, 0.3) is 0 Å². The summed E-state index contributed by atoms with van der Waals surface area (Å²) in [7, 11) is 0. The molecule has 0 N–H and O–H groups in total. The lowest BCUT2D eigenvalue weighted by Gasteiger charge is -2.23. The second kappa shape index (κ2) is 4.81. The highest BCUT2D eigenvalue weighted by Gasteiger charge is 2.73. The number of allylic oxidation sites excluding steroid dienone is 2. The van der Waals surface area contributed by atoms with E-state index in [4.69, 9.17) is 4.74 Å². The minimum absolute atomic E-state index is 0.158. The van der Waals surface area contributed by atoms with Crippen molar-refractivity contribution in [1.29, 1.82) is 0 Å². The molecule has 4 atom stereocenters. The number of nitrogens with zero attached hydrogens (tertiary/aromatic N) is 1. The van der Waals surface area contributed by atoms with Crippen molar-refractivity contribution in [1.82, 2.24) is 0 Å². The first kappa shape index (κ1) is 14.9. The zero-order chi connectivity index (χ0) is 17.3.